The minimum Gasteiger partial charge on any atom is -0.490 e. The molecule has 2 rings (SSSR count). The summed E-state index contributed by atoms with van der Waals surface area (Å²) in [6.07, 6.45) is 4.05. The highest BCUT2D eigenvalue weighted by Gasteiger charge is 2.26. The third kappa shape index (κ3) is 4.66. The van der Waals surface area contributed by atoms with Gasteiger partial charge in [0, 0.05) is 26.3 Å². The molecule has 3 heteroatoms. The van der Waals surface area contributed by atoms with Crippen LogP contribution in [-0.4, -0.2) is 26.4 Å². The van der Waals surface area contributed by atoms with E-state index in [1.54, 1.807) is 6.08 Å². The molecular weight excluding hydrogens is 250 g/mol. The van der Waals surface area contributed by atoms with Gasteiger partial charge in [-0.15, -0.1) is 0 Å². The Balaban J connectivity index is 1.74. The Labute approximate surface area is 122 Å². The van der Waals surface area contributed by atoms with Gasteiger partial charge in [-0.2, -0.15) is 0 Å². The predicted octanol–water partition coefficient (Wildman–Crippen LogP) is 3.16. The van der Waals surface area contributed by atoms with E-state index >= 15 is 0 Å². The molecule has 1 heterocycles. The summed E-state index contributed by atoms with van der Waals surface area (Å²) < 4.78 is 10.9. The van der Waals surface area contributed by atoms with Crippen LogP contribution in [0.3, 0.4) is 0 Å². The van der Waals surface area contributed by atoms with Crippen molar-refractivity contribution in [3.05, 3.63) is 42.5 Å². The lowest BCUT2D eigenvalue weighted by Crippen LogP contribution is -2.36. The van der Waals surface area contributed by atoms with E-state index in [1.807, 2.05) is 12.1 Å². The first-order chi connectivity index (χ1) is 9.72. The van der Waals surface area contributed by atoms with Gasteiger partial charge in [0.25, 0.3) is 0 Å². The first-order valence-electron chi connectivity index (χ1n) is 7.33. The Morgan fingerprint density at radius 1 is 1.30 bits per heavy atom. The zero-order valence-electron chi connectivity index (χ0n) is 12.4. The van der Waals surface area contributed by atoms with Gasteiger partial charge in [0.05, 0.1) is 0 Å². The Bertz CT molecular complexity index is 408. The molecular formula is C17H25NO2. The summed E-state index contributed by atoms with van der Waals surface area (Å²) in [5.41, 5.74) is 1.66. The van der Waals surface area contributed by atoms with Crippen molar-refractivity contribution in [2.45, 2.75) is 26.3 Å². The molecule has 1 aliphatic rings. The van der Waals surface area contributed by atoms with Crippen molar-refractivity contribution in [2.75, 3.05) is 26.4 Å². The first kappa shape index (κ1) is 15.1. The van der Waals surface area contributed by atoms with Crippen LogP contribution >= 0.6 is 0 Å². The maximum atomic E-state index is 5.47. The van der Waals surface area contributed by atoms with Gasteiger partial charge in [-0.1, -0.05) is 31.7 Å². The maximum Gasteiger partial charge on any atom is 0.119 e. The molecule has 1 aliphatic heterocycles. The van der Waals surface area contributed by atoms with E-state index in [1.165, 1.54) is 5.56 Å². The minimum absolute atomic E-state index is 0.380. The molecule has 1 aromatic rings. The van der Waals surface area contributed by atoms with Gasteiger partial charge in [-0.05, 0) is 36.0 Å². The lowest BCUT2D eigenvalue weighted by molar-refractivity contribution is 0.0240. The van der Waals surface area contributed by atoms with Gasteiger partial charge >= 0.3 is 0 Å². The molecule has 3 nitrogen and oxygen atoms in total. The monoisotopic (exact) mass is 275 g/mol. The van der Waals surface area contributed by atoms with Crippen molar-refractivity contribution < 1.29 is 9.47 Å². The van der Waals surface area contributed by atoms with Crippen LogP contribution in [0.2, 0.25) is 0 Å². The number of ether oxygens (including phenoxy) is 2. The number of benzene rings is 1. The Morgan fingerprint density at radius 3 is 2.65 bits per heavy atom. The van der Waals surface area contributed by atoms with Gasteiger partial charge in [0.15, 0.2) is 0 Å². The topological polar surface area (TPSA) is 30.5 Å². The van der Waals surface area contributed by atoms with E-state index in [4.69, 9.17) is 9.47 Å². The van der Waals surface area contributed by atoms with Crippen molar-refractivity contribution in [3.8, 4) is 5.75 Å². The van der Waals surface area contributed by atoms with E-state index in [2.05, 4.69) is 31.0 Å². The Hall–Kier alpha value is -1.32. The van der Waals surface area contributed by atoms with Gasteiger partial charge in [0.2, 0.25) is 0 Å². The first-order valence-corrected chi connectivity index (χ1v) is 7.33. The van der Waals surface area contributed by atoms with Crippen LogP contribution in [0.1, 0.15) is 25.3 Å². The molecule has 0 amide bonds. The molecule has 0 bridgehead atoms. The summed E-state index contributed by atoms with van der Waals surface area (Å²) >= 11 is 0. The summed E-state index contributed by atoms with van der Waals surface area (Å²) in [7, 11) is 0. The fourth-order valence-electron chi connectivity index (χ4n) is 2.41. The van der Waals surface area contributed by atoms with Crippen molar-refractivity contribution in [1.82, 2.24) is 5.32 Å². The lowest BCUT2D eigenvalue weighted by atomic mass is 9.82. The molecule has 1 N–H and O–H groups in total. The van der Waals surface area contributed by atoms with E-state index in [-0.39, 0.29) is 0 Å². The van der Waals surface area contributed by atoms with E-state index < -0.39 is 0 Å². The third-order valence-corrected chi connectivity index (χ3v) is 3.87. The second-order valence-corrected chi connectivity index (χ2v) is 5.77. The fourth-order valence-corrected chi connectivity index (χ4v) is 2.41. The summed E-state index contributed by atoms with van der Waals surface area (Å²) in [5, 5.41) is 3.56. The SMILES string of the molecule is C=CCOc1ccc(CNCC2(C)CCOCC2)cc1. The van der Waals surface area contributed by atoms with Gasteiger partial charge in [0.1, 0.15) is 12.4 Å². The highest BCUT2D eigenvalue weighted by Crippen LogP contribution is 2.28. The summed E-state index contributed by atoms with van der Waals surface area (Å²) in [6.45, 7) is 10.3. The van der Waals surface area contributed by atoms with Crippen LogP contribution in [0.25, 0.3) is 0 Å². The second-order valence-electron chi connectivity index (χ2n) is 5.77. The molecule has 0 atom stereocenters. The highest BCUT2D eigenvalue weighted by atomic mass is 16.5. The molecule has 1 saturated heterocycles. The number of rotatable bonds is 7. The summed E-state index contributed by atoms with van der Waals surface area (Å²) in [6, 6.07) is 8.24. The van der Waals surface area contributed by atoms with Crippen molar-refractivity contribution in [1.29, 1.82) is 0 Å². The fraction of sp³-hybridized carbons (Fsp3) is 0.529. The Morgan fingerprint density at radius 2 is 2.00 bits per heavy atom. The molecule has 0 unspecified atom stereocenters. The normalized spacial score (nSPS) is 17.6. The van der Waals surface area contributed by atoms with Crippen LogP contribution in [0.4, 0.5) is 0 Å². The smallest absolute Gasteiger partial charge is 0.119 e. The van der Waals surface area contributed by atoms with Gasteiger partial charge in [-0.25, -0.2) is 0 Å². The Kier molecular flexibility index (Phi) is 5.62. The molecule has 0 spiro atoms. The molecule has 0 aliphatic carbocycles. The van der Waals surface area contributed by atoms with Crippen LogP contribution in [-0.2, 0) is 11.3 Å². The molecule has 0 aromatic heterocycles. The van der Waals surface area contributed by atoms with Crippen LogP contribution < -0.4 is 10.1 Å². The maximum absolute atomic E-state index is 5.47. The zero-order chi connectivity index (χ0) is 14.3. The van der Waals surface area contributed by atoms with Crippen LogP contribution in [0, 0.1) is 5.41 Å². The summed E-state index contributed by atoms with van der Waals surface area (Å²) in [5.74, 6) is 0.894. The van der Waals surface area contributed by atoms with E-state index in [9.17, 15) is 0 Å². The molecule has 20 heavy (non-hydrogen) atoms. The average molecular weight is 275 g/mol. The molecule has 110 valence electrons. The van der Waals surface area contributed by atoms with Crippen molar-refractivity contribution >= 4 is 0 Å². The van der Waals surface area contributed by atoms with E-state index in [0.717, 1.165) is 44.9 Å². The zero-order valence-corrected chi connectivity index (χ0v) is 12.4. The standard InChI is InChI=1S/C17H25NO2/c1-3-10-20-16-6-4-15(5-7-16)13-18-14-17(2)8-11-19-12-9-17/h3-7,18H,1,8-14H2,2H3. The third-order valence-electron chi connectivity index (χ3n) is 3.87. The van der Waals surface area contributed by atoms with Crippen LogP contribution in [0.5, 0.6) is 5.75 Å². The minimum atomic E-state index is 0.380. The lowest BCUT2D eigenvalue weighted by Gasteiger charge is -2.33. The van der Waals surface area contributed by atoms with Gasteiger partial charge in [-0.3, -0.25) is 0 Å². The number of hydrogen-bond donors (Lipinski definition) is 1. The average Bonchev–Trinajstić information content (AvgIpc) is 2.47. The van der Waals surface area contributed by atoms with Crippen LogP contribution in [0.15, 0.2) is 36.9 Å². The second kappa shape index (κ2) is 7.46. The van der Waals surface area contributed by atoms with Crippen molar-refractivity contribution in [3.63, 3.8) is 0 Å². The molecule has 0 radical (unpaired) electrons. The summed E-state index contributed by atoms with van der Waals surface area (Å²) in [4.78, 5) is 0. The predicted molar refractivity (Wildman–Crippen MR) is 82.0 cm³/mol. The quantitative estimate of drug-likeness (QED) is 0.775. The van der Waals surface area contributed by atoms with Crippen molar-refractivity contribution in [2.24, 2.45) is 5.41 Å². The van der Waals surface area contributed by atoms with E-state index in [0.29, 0.717) is 12.0 Å². The van der Waals surface area contributed by atoms with Gasteiger partial charge < -0.3 is 14.8 Å². The number of hydrogen-bond acceptors (Lipinski definition) is 3. The molecule has 1 fully saturated rings. The number of nitrogens with one attached hydrogen (secondary N) is 1. The largest absolute Gasteiger partial charge is 0.490 e. The highest BCUT2D eigenvalue weighted by molar-refractivity contribution is 5.27. The molecule has 1 aromatic carbocycles. The molecule has 0 saturated carbocycles.